The largest absolute Gasteiger partial charge is 0.480 e. The Hall–Kier alpha value is -1.47. The van der Waals surface area contributed by atoms with Crippen LogP contribution in [0.3, 0.4) is 0 Å². The van der Waals surface area contributed by atoms with E-state index in [1.54, 1.807) is 5.51 Å². The minimum absolute atomic E-state index is 0.237. The summed E-state index contributed by atoms with van der Waals surface area (Å²) >= 11 is 1.47. The molecule has 0 fully saturated rings. The maximum atomic E-state index is 11.6. The van der Waals surface area contributed by atoms with Gasteiger partial charge in [-0.1, -0.05) is 0 Å². The minimum atomic E-state index is -1.05. The van der Waals surface area contributed by atoms with Crippen molar-refractivity contribution >= 4 is 23.2 Å². The van der Waals surface area contributed by atoms with Gasteiger partial charge in [-0.15, -0.1) is 11.3 Å². The van der Waals surface area contributed by atoms with Crippen LogP contribution in [0.4, 0.5) is 0 Å². The molecular formula is C11H16N2O4S. The predicted octanol–water partition coefficient (Wildman–Crippen LogP) is 0.682. The Balaban J connectivity index is 2.34. The summed E-state index contributed by atoms with van der Waals surface area (Å²) in [6.07, 6.45) is 1.01. The van der Waals surface area contributed by atoms with Gasteiger partial charge < -0.3 is 15.2 Å². The zero-order valence-corrected chi connectivity index (χ0v) is 10.9. The van der Waals surface area contributed by atoms with Crippen LogP contribution in [-0.2, 0) is 20.7 Å². The van der Waals surface area contributed by atoms with Gasteiger partial charge in [-0.2, -0.15) is 0 Å². The summed E-state index contributed by atoms with van der Waals surface area (Å²) in [6.45, 7) is 0.295. The van der Waals surface area contributed by atoms with E-state index in [2.05, 4.69) is 10.3 Å². The van der Waals surface area contributed by atoms with E-state index in [1.807, 2.05) is 5.38 Å². The lowest BCUT2D eigenvalue weighted by Crippen LogP contribution is -2.41. The summed E-state index contributed by atoms with van der Waals surface area (Å²) in [5.41, 5.74) is 2.55. The standard InChI is InChI=1S/C11H16N2O4S/c1-17-5-4-9(11(15)16)13-10(14)3-2-8-6-18-7-12-8/h6-7,9H,2-5H2,1H3,(H,13,14)(H,15,16). The third kappa shape index (κ3) is 5.24. The number of rotatable bonds is 8. The quantitative estimate of drug-likeness (QED) is 0.726. The number of hydrogen-bond acceptors (Lipinski definition) is 5. The average molecular weight is 272 g/mol. The lowest BCUT2D eigenvalue weighted by atomic mass is 10.2. The molecule has 1 unspecified atom stereocenters. The van der Waals surface area contributed by atoms with Crippen LogP contribution in [0.15, 0.2) is 10.9 Å². The monoisotopic (exact) mass is 272 g/mol. The van der Waals surface area contributed by atoms with Crippen LogP contribution < -0.4 is 5.32 Å². The highest BCUT2D eigenvalue weighted by Crippen LogP contribution is 2.04. The maximum absolute atomic E-state index is 11.6. The third-order valence-corrected chi connectivity index (χ3v) is 2.97. The first kappa shape index (κ1) is 14.6. The Morgan fingerprint density at radius 3 is 2.94 bits per heavy atom. The smallest absolute Gasteiger partial charge is 0.326 e. The Morgan fingerprint density at radius 1 is 1.61 bits per heavy atom. The number of aromatic nitrogens is 1. The second-order valence-electron chi connectivity index (χ2n) is 3.72. The number of amides is 1. The fourth-order valence-corrected chi connectivity index (χ4v) is 1.96. The van der Waals surface area contributed by atoms with Gasteiger partial charge in [0, 0.05) is 31.9 Å². The first-order valence-corrected chi connectivity index (χ1v) is 6.46. The van der Waals surface area contributed by atoms with Crippen molar-refractivity contribution in [3.05, 3.63) is 16.6 Å². The van der Waals surface area contributed by atoms with Crippen molar-refractivity contribution in [2.45, 2.75) is 25.3 Å². The fraction of sp³-hybridized carbons (Fsp3) is 0.545. The molecule has 2 N–H and O–H groups in total. The number of aliphatic carboxylic acids is 1. The summed E-state index contributed by atoms with van der Waals surface area (Å²) in [5.74, 6) is -1.33. The van der Waals surface area contributed by atoms with Crippen LogP contribution in [0.5, 0.6) is 0 Å². The third-order valence-electron chi connectivity index (χ3n) is 2.34. The number of ether oxygens (including phenoxy) is 1. The number of carboxylic acids is 1. The van der Waals surface area contributed by atoms with E-state index in [9.17, 15) is 9.59 Å². The van der Waals surface area contributed by atoms with Gasteiger partial charge >= 0.3 is 5.97 Å². The van der Waals surface area contributed by atoms with Crippen LogP contribution in [0.1, 0.15) is 18.5 Å². The van der Waals surface area contributed by atoms with Crippen LogP contribution in [0, 0.1) is 0 Å². The highest BCUT2D eigenvalue weighted by molar-refractivity contribution is 7.07. The lowest BCUT2D eigenvalue weighted by molar-refractivity contribution is -0.142. The average Bonchev–Trinajstić information content (AvgIpc) is 2.84. The summed E-state index contributed by atoms with van der Waals surface area (Å²) in [7, 11) is 1.49. The Morgan fingerprint density at radius 2 is 2.39 bits per heavy atom. The second kappa shape index (κ2) is 7.78. The van der Waals surface area contributed by atoms with Crippen molar-refractivity contribution in [2.24, 2.45) is 0 Å². The van der Waals surface area contributed by atoms with E-state index in [0.717, 1.165) is 5.69 Å². The number of nitrogens with one attached hydrogen (secondary N) is 1. The molecule has 1 aromatic heterocycles. The molecule has 0 saturated carbocycles. The van der Waals surface area contributed by atoms with Crippen molar-refractivity contribution in [3.63, 3.8) is 0 Å². The molecular weight excluding hydrogens is 256 g/mol. The molecule has 18 heavy (non-hydrogen) atoms. The molecule has 0 saturated heterocycles. The topological polar surface area (TPSA) is 88.5 Å². The van der Waals surface area contributed by atoms with Gasteiger partial charge in [0.25, 0.3) is 0 Å². The van der Waals surface area contributed by atoms with Crippen molar-refractivity contribution in [1.29, 1.82) is 0 Å². The molecule has 6 nitrogen and oxygen atoms in total. The van der Waals surface area contributed by atoms with E-state index in [4.69, 9.17) is 9.84 Å². The normalized spacial score (nSPS) is 12.1. The van der Waals surface area contributed by atoms with Gasteiger partial charge in [0.1, 0.15) is 6.04 Å². The van der Waals surface area contributed by atoms with Crippen LogP contribution in [0.25, 0.3) is 0 Å². The summed E-state index contributed by atoms with van der Waals surface area (Å²) in [5, 5.41) is 13.3. The van der Waals surface area contributed by atoms with Gasteiger partial charge in [0.2, 0.25) is 5.91 Å². The minimum Gasteiger partial charge on any atom is -0.480 e. The van der Waals surface area contributed by atoms with E-state index >= 15 is 0 Å². The van der Waals surface area contributed by atoms with Gasteiger partial charge in [-0.05, 0) is 6.42 Å². The van der Waals surface area contributed by atoms with E-state index in [1.165, 1.54) is 18.4 Å². The number of nitrogens with zero attached hydrogens (tertiary/aromatic N) is 1. The van der Waals surface area contributed by atoms with Crippen LogP contribution >= 0.6 is 11.3 Å². The van der Waals surface area contributed by atoms with Crippen molar-refractivity contribution in [3.8, 4) is 0 Å². The van der Waals surface area contributed by atoms with Gasteiger partial charge in [0.05, 0.1) is 11.2 Å². The Bertz CT molecular complexity index is 380. The lowest BCUT2D eigenvalue weighted by Gasteiger charge is -2.13. The van der Waals surface area contributed by atoms with Crippen LogP contribution in [-0.4, -0.2) is 41.7 Å². The number of carbonyl (C=O) groups excluding carboxylic acids is 1. The molecule has 0 radical (unpaired) electrons. The SMILES string of the molecule is COCCC(NC(=O)CCc1cscn1)C(=O)O. The highest BCUT2D eigenvalue weighted by atomic mass is 32.1. The molecule has 0 aromatic carbocycles. The maximum Gasteiger partial charge on any atom is 0.326 e. The van der Waals surface area contributed by atoms with E-state index in [0.29, 0.717) is 13.0 Å². The first-order valence-electron chi connectivity index (χ1n) is 5.51. The van der Waals surface area contributed by atoms with Gasteiger partial charge in [-0.3, -0.25) is 4.79 Å². The first-order chi connectivity index (χ1) is 8.63. The van der Waals surface area contributed by atoms with E-state index in [-0.39, 0.29) is 18.7 Å². The highest BCUT2D eigenvalue weighted by Gasteiger charge is 2.19. The molecule has 100 valence electrons. The number of carbonyl (C=O) groups is 2. The molecule has 0 bridgehead atoms. The molecule has 1 atom stereocenters. The fourth-order valence-electron chi connectivity index (χ4n) is 1.36. The predicted molar refractivity (Wildman–Crippen MR) is 66.5 cm³/mol. The summed E-state index contributed by atoms with van der Waals surface area (Å²) in [4.78, 5) is 26.5. The summed E-state index contributed by atoms with van der Waals surface area (Å²) in [6, 6.07) is -0.895. The zero-order valence-electron chi connectivity index (χ0n) is 10.1. The molecule has 1 aromatic rings. The Labute approximate surface area is 109 Å². The number of methoxy groups -OCH3 is 1. The van der Waals surface area contributed by atoms with Gasteiger partial charge in [-0.25, -0.2) is 9.78 Å². The molecule has 7 heteroatoms. The molecule has 1 amide bonds. The number of hydrogen-bond donors (Lipinski definition) is 2. The molecule has 1 heterocycles. The molecule has 0 aliphatic carbocycles. The Kier molecular flexibility index (Phi) is 6.31. The second-order valence-corrected chi connectivity index (χ2v) is 4.44. The van der Waals surface area contributed by atoms with Crippen molar-refractivity contribution in [2.75, 3.05) is 13.7 Å². The molecule has 1 rings (SSSR count). The summed E-state index contributed by atoms with van der Waals surface area (Å²) < 4.78 is 4.80. The number of thiazole rings is 1. The zero-order chi connectivity index (χ0) is 13.4. The molecule has 0 aliphatic rings. The molecule has 0 aliphatic heterocycles. The molecule has 0 spiro atoms. The van der Waals surface area contributed by atoms with Crippen molar-refractivity contribution in [1.82, 2.24) is 10.3 Å². The number of carboxylic acid groups (broad SMARTS) is 1. The van der Waals surface area contributed by atoms with Crippen molar-refractivity contribution < 1.29 is 19.4 Å². The van der Waals surface area contributed by atoms with E-state index < -0.39 is 12.0 Å². The van der Waals surface area contributed by atoms with Gasteiger partial charge in [0.15, 0.2) is 0 Å². The number of aryl methyl sites for hydroxylation is 1. The van der Waals surface area contributed by atoms with Crippen LogP contribution in [0.2, 0.25) is 0 Å².